The number of carbonyl (C=O) groups is 3. The Morgan fingerprint density at radius 1 is 1.22 bits per heavy atom. The first-order valence-electron chi connectivity index (χ1n) is 12.3. The lowest BCUT2D eigenvalue weighted by Gasteiger charge is -2.30. The highest BCUT2D eigenvalue weighted by atomic mass is 19.1. The second-order valence-corrected chi connectivity index (χ2v) is 10.1. The number of hydrogen-bond acceptors (Lipinski definition) is 6. The quantitative estimate of drug-likeness (QED) is 0.597. The van der Waals surface area contributed by atoms with Crippen molar-refractivity contribution in [2.24, 2.45) is 11.8 Å². The molecule has 3 fully saturated rings. The molecule has 10 heteroatoms. The van der Waals surface area contributed by atoms with Gasteiger partial charge in [-0.1, -0.05) is 42.3 Å². The number of rotatable bonds is 6. The number of aryl methyl sites for hydroxylation is 1. The van der Waals surface area contributed by atoms with E-state index in [-0.39, 0.29) is 30.2 Å². The average molecular weight is 495 g/mol. The van der Waals surface area contributed by atoms with E-state index in [0.717, 1.165) is 25.7 Å². The Labute approximate surface area is 207 Å². The highest BCUT2D eigenvalue weighted by Gasteiger charge is 2.68. The van der Waals surface area contributed by atoms with Gasteiger partial charge in [-0.05, 0) is 37.5 Å². The van der Waals surface area contributed by atoms with Crippen LogP contribution in [0.5, 0.6) is 0 Å². The van der Waals surface area contributed by atoms with E-state index in [0.29, 0.717) is 11.3 Å². The minimum Gasteiger partial charge on any atom is -0.360 e. The normalized spacial score (nSPS) is 29.6. The van der Waals surface area contributed by atoms with E-state index >= 15 is 0 Å². The van der Waals surface area contributed by atoms with Crippen LogP contribution in [-0.4, -0.2) is 52.1 Å². The van der Waals surface area contributed by atoms with Crippen molar-refractivity contribution >= 4 is 23.5 Å². The van der Waals surface area contributed by atoms with E-state index in [1.54, 1.807) is 19.1 Å². The van der Waals surface area contributed by atoms with E-state index in [1.807, 2.05) is 6.08 Å². The van der Waals surface area contributed by atoms with E-state index in [9.17, 15) is 18.8 Å². The second-order valence-electron chi connectivity index (χ2n) is 10.1. The smallest absolute Gasteiger partial charge is 0.247 e. The maximum absolute atomic E-state index is 13.9. The van der Waals surface area contributed by atoms with Crippen molar-refractivity contribution in [3.8, 4) is 0 Å². The van der Waals surface area contributed by atoms with Crippen LogP contribution in [0.2, 0.25) is 0 Å². The maximum atomic E-state index is 13.9. The van der Waals surface area contributed by atoms with E-state index in [1.165, 1.54) is 29.2 Å². The number of fused-ring (bicyclic) bond motifs is 1. The summed E-state index contributed by atoms with van der Waals surface area (Å²) in [6.45, 7) is 1.84. The van der Waals surface area contributed by atoms with Crippen LogP contribution in [-0.2, 0) is 19.1 Å². The predicted octanol–water partition coefficient (Wildman–Crippen LogP) is 2.64. The lowest BCUT2D eigenvalue weighted by molar-refractivity contribution is -0.142. The van der Waals surface area contributed by atoms with Gasteiger partial charge in [0.2, 0.25) is 17.7 Å². The minimum absolute atomic E-state index is 0.0484. The molecule has 1 aliphatic carbocycles. The number of anilines is 1. The van der Waals surface area contributed by atoms with Crippen molar-refractivity contribution in [2.45, 2.75) is 56.4 Å². The van der Waals surface area contributed by atoms with Gasteiger partial charge in [-0.2, -0.15) is 0 Å². The number of ether oxygens (including phenoxy) is 1. The van der Waals surface area contributed by atoms with Gasteiger partial charge >= 0.3 is 0 Å². The molecule has 2 saturated heterocycles. The van der Waals surface area contributed by atoms with Gasteiger partial charge in [-0.3, -0.25) is 14.4 Å². The molecule has 9 nitrogen and oxygen atoms in total. The molecule has 6 rings (SSSR count). The lowest BCUT2D eigenvalue weighted by Crippen LogP contribution is -2.46. The first-order chi connectivity index (χ1) is 17.3. The summed E-state index contributed by atoms with van der Waals surface area (Å²) >= 11 is 0. The van der Waals surface area contributed by atoms with Gasteiger partial charge in [0.05, 0.1) is 24.5 Å². The van der Waals surface area contributed by atoms with Crippen LogP contribution in [0.4, 0.5) is 10.2 Å². The molecule has 5 atom stereocenters. The number of likely N-dealkylation sites (tertiary alicyclic amines) is 1. The Hall–Kier alpha value is -3.53. The highest BCUT2D eigenvalue weighted by molar-refractivity contribution is 6.00. The van der Waals surface area contributed by atoms with E-state index < -0.39 is 41.3 Å². The zero-order chi connectivity index (χ0) is 25.0. The molecule has 2 N–H and O–H groups in total. The van der Waals surface area contributed by atoms with Crippen LogP contribution in [0.3, 0.4) is 0 Å². The van der Waals surface area contributed by atoms with Crippen molar-refractivity contribution in [1.82, 2.24) is 15.4 Å². The van der Waals surface area contributed by atoms with Gasteiger partial charge in [-0.25, -0.2) is 4.39 Å². The molecule has 0 radical (unpaired) electrons. The number of amides is 3. The SMILES string of the molecule is Cc1cc(NC(=O)[C@H]2[C@H]3C(=O)N([C@@H](C(=O)NC4CCCC4)c4ccc(F)cc4)C[C@@]34C=C[C@H]2O4)no1. The van der Waals surface area contributed by atoms with Gasteiger partial charge in [0, 0.05) is 12.1 Å². The second kappa shape index (κ2) is 8.55. The van der Waals surface area contributed by atoms with Gasteiger partial charge in [-0.15, -0.1) is 0 Å². The van der Waals surface area contributed by atoms with Crippen molar-refractivity contribution in [2.75, 3.05) is 11.9 Å². The highest BCUT2D eigenvalue weighted by Crippen LogP contribution is 2.53. The molecule has 1 aromatic carbocycles. The zero-order valence-corrected chi connectivity index (χ0v) is 19.8. The number of nitrogens with one attached hydrogen (secondary N) is 2. The summed E-state index contributed by atoms with van der Waals surface area (Å²) in [6, 6.07) is 6.30. The van der Waals surface area contributed by atoms with Gasteiger partial charge in [0.1, 0.15) is 23.2 Å². The summed E-state index contributed by atoms with van der Waals surface area (Å²) in [6.07, 6.45) is 6.95. The summed E-state index contributed by atoms with van der Waals surface area (Å²) in [5.41, 5.74) is -0.496. The van der Waals surface area contributed by atoms with E-state index in [2.05, 4.69) is 15.8 Å². The van der Waals surface area contributed by atoms with Crippen molar-refractivity contribution < 1.29 is 28.0 Å². The van der Waals surface area contributed by atoms with Crippen LogP contribution in [0.1, 0.15) is 43.0 Å². The number of aromatic nitrogens is 1. The lowest BCUT2D eigenvalue weighted by atomic mass is 9.77. The molecular formula is C26H27FN4O5. The van der Waals surface area contributed by atoms with Gasteiger partial charge < -0.3 is 24.8 Å². The third-order valence-corrected chi connectivity index (χ3v) is 7.76. The van der Waals surface area contributed by atoms with Crippen LogP contribution in [0, 0.1) is 24.6 Å². The minimum atomic E-state index is -1.00. The molecule has 36 heavy (non-hydrogen) atoms. The molecule has 2 bridgehead atoms. The number of carbonyl (C=O) groups excluding carboxylic acids is 3. The summed E-state index contributed by atoms with van der Waals surface area (Å²) in [4.78, 5) is 42.2. The molecule has 188 valence electrons. The summed E-state index contributed by atoms with van der Waals surface area (Å²) in [7, 11) is 0. The molecule has 1 spiro atoms. The first kappa shape index (κ1) is 22.9. The molecule has 1 aromatic heterocycles. The monoisotopic (exact) mass is 494 g/mol. The van der Waals surface area contributed by atoms with Crippen LogP contribution in [0.25, 0.3) is 0 Å². The molecule has 3 amide bonds. The Morgan fingerprint density at radius 3 is 2.67 bits per heavy atom. The van der Waals surface area contributed by atoms with Crippen molar-refractivity contribution in [3.63, 3.8) is 0 Å². The fourth-order valence-corrected chi connectivity index (χ4v) is 6.15. The third kappa shape index (κ3) is 3.71. The molecule has 3 aliphatic heterocycles. The standard InChI is InChI=1S/C26H27FN4O5/c1-14-12-19(30-36-14)29-23(32)20-18-10-11-26(35-18)13-31(25(34)21(20)26)22(15-6-8-16(27)9-7-15)24(33)28-17-4-2-3-5-17/h6-12,17-18,20-22H,2-5,13H2,1H3,(H,28,33)(H,29,30,32)/t18-,20-,21+,22-,26+/m1/s1. The number of hydrogen-bond donors (Lipinski definition) is 2. The Bertz CT molecular complexity index is 1240. The van der Waals surface area contributed by atoms with Crippen LogP contribution < -0.4 is 10.6 Å². The Balaban J connectivity index is 1.30. The fraction of sp³-hybridized carbons (Fsp3) is 0.462. The molecule has 0 unspecified atom stereocenters. The molecule has 4 aliphatic rings. The Morgan fingerprint density at radius 2 is 1.97 bits per heavy atom. The zero-order valence-electron chi connectivity index (χ0n) is 19.8. The topological polar surface area (TPSA) is 114 Å². The third-order valence-electron chi connectivity index (χ3n) is 7.76. The van der Waals surface area contributed by atoms with Gasteiger partial charge in [0.25, 0.3) is 0 Å². The number of halogens is 1. The van der Waals surface area contributed by atoms with Crippen LogP contribution in [0.15, 0.2) is 47.0 Å². The summed E-state index contributed by atoms with van der Waals surface area (Å²) < 4.78 is 24.9. The van der Waals surface area contributed by atoms with Crippen LogP contribution >= 0.6 is 0 Å². The largest absolute Gasteiger partial charge is 0.360 e. The summed E-state index contributed by atoms with van der Waals surface area (Å²) in [5.74, 6) is -2.23. The average Bonchev–Trinajstić information content (AvgIpc) is 3.66. The Kier molecular flexibility index (Phi) is 5.44. The number of nitrogens with zero attached hydrogens (tertiary/aromatic N) is 2. The van der Waals surface area contributed by atoms with E-state index in [4.69, 9.17) is 9.26 Å². The van der Waals surface area contributed by atoms with Gasteiger partial charge in [0.15, 0.2) is 5.82 Å². The molecule has 4 heterocycles. The van der Waals surface area contributed by atoms with Crippen molar-refractivity contribution in [1.29, 1.82) is 0 Å². The maximum Gasteiger partial charge on any atom is 0.247 e. The first-order valence-corrected chi connectivity index (χ1v) is 12.3. The number of benzene rings is 1. The molecule has 1 saturated carbocycles. The fourth-order valence-electron chi connectivity index (χ4n) is 6.15. The summed E-state index contributed by atoms with van der Waals surface area (Å²) in [5, 5.41) is 9.61. The predicted molar refractivity (Wildman–Crippen MR) is 125 cm³/mol. The molecular weight excluding hydrogens is 467 g/mol. The van der Waals surface area contributed by atoms with Crippen molar-refractivity contribution in [3.05, 3.63) is 59.6 Å². The molecule has 2 aromatic rings.